The highest BCUT2D eigenvalue weighted by Crippen LogP contribution is 2.31. The van der Waals surface area contributed by atoms with E-state index in [4.69, 9.17) is 0 Å². The lowest BCUT2D eigenvalue weighted by atomic mass is 10.2. The molecule has 2 heterocycles. The predicted octanol–water partition coefficient (Wildman–Crippen LogP) is 2.12. The van der Waals surface area contributed by atoms with E-state index < -0.39 is 0 Å². The summed E-state index contributed by atoms with van der Waals surface area (Å²) in [6.45, 7) is 0. The van der Waals surface area contributed by atoms with Crippen molar-refractivity contribution in [3.8, 4) is 10.6 Å². The molecule has 1 radical (unpaired) electrons. The van der Waals surface area contributed by atoms with Crippen molar-refractivity contribution >= 4 is 32.6 Å². The zero-order valence-corrected chi connectivity index (χ0v) is 11.0. The Hall–Kier alpha value is -2.60. The summed E-state index contributed by atoms with van der Waals surface area (Å²) in [5.74, 6) is 0. The molecule has 0 saturated carbocycles. The minimum Gasteiger partial charge on any atom is -0.710 e. The molecule has 0 aliphatic heterocycles. The van der Waals surface area contributed by atoms with Crippen molar-refractivity contribution in [2.45, 2.75) is 0 Å². The Kier molecular flexibility index (Phi) is 2.22. The molecule has 1 N–H and O–H groups in total. The van der Waals surface area contributed by atoms with Gasteiger partial charge < -0.3 is 10.4 Å². The maximum absolute atomic E-state index is 12.4. The number of aromatic amines is 1. The van der Waals surface area contributed by atoms with Crippen molar-refractivity contribution in [1.29, 1.82) is 0 Å². The Morgan fingerprint density at radius 3 is 2.75 bits per heavy atom. The summed E-state index contributed by atoms with van der Waals surface area (Å²) >= 11 is 1.37. The van der Waals surface area contributed by atoms with Crippen LogP contribution in [-0.4, -0.2) is 4.98 Å². The minimum absolute atomic E-state index is 0.434. The van der Waals surface area contributed by atoms with Gasteiger partial charge in [-0.3, -0.25) is 0 Å². The predicted molar refractivity (Wildman–Crippen MR) is 75.9 cm³/mol. The van der Waals surface area contributed by atoms with E-state index in [1.54, 1.807) is 18.2 Å². The zero-order valence-electron chi connectivity index (χ0n) is 10.2. The number of nitrogens with one attached hydrogen (secondary N) is 1. The molecule has 0 fully saturated rings. The fourth-order valence-corrected chi connectivity index (χ4v) is 3.40. The number of benzene rings is 2. The summed E-state index contributed by atoms with van der Waals surface area (Å²) in [5.41, 5.74) is 2.33. The molecule has 0 unspecified atom stereocenters. The van der Waals surface area contributed by atoms with Crippen molar-refractivity contribution in [3.05, 3.63) is 59.2 Å². The topological polar surface area (TPSA) is 69.7 Å². The molecule has 0 spiro atoms. The molecule has 4 aromatic rings. The van der Waals surface area contributed by atoms with Crippen molar-refractivity contribution in [3.63, 3.8) is 0 Å². The Labute approximate surface area is 117 Å². The first-order chi connectivity index (χ1) is 9.75. The normalized spacial score (nSPS) is 11.4. The molecule has 0 amide bonds. The number of thiazole rings is 1. The smallest absolute Gasteiger partial charge is 0.375 e. The molecule has 0 atom stereocenters. The van der Waals surface area contributed by atoms with Crippen LogP contribution in [0.2, 0.25) is 0 Å². The number of fused-ring (bicyclic) bond motifs is 2. The van der Waals surface area contributed by atoms with Crippen molar-refractivity contribution in [2.24, 2.45) is 0 Å². The molecule has 0 bridgehead atoms. The first-order valence-corrected chi connectivity index (χ1v) is 6.81. The van der Waals surface area contributed by atoms with Gasteiger partial charge >= 0.3 is 6.33 Å². The monoisotopic (exact) mass is 282 g/mol. The quantitative estimate of drug-likeness (QED) is 0.429. The molecule has 6 heteroatoms. The number of imidazole rings is 1. The van der Waals surface area contributed by atoms with Crippen LogP contribution >= 0.6 is 11.3 Å². The second-order valence-corrected chi connectivity index (χ2v) is 5.43. The lowest BCUT2D eigenvalue weighted by Gasteiger charge is -2.01. The summed E-state index contributed by atoms with van der Waals surface area (Å²) in [6, 6.07) is 12.8. The highest BCUT2D eigenvalue weighted by molar-refractivity contribution is 7.21. The van der Waals surface area contributed by atoms with Gasteiger partial charge in [0.1, 0.15) is 10.3 Å². The lowest BCUT2D eigenvalue weighted by molar-refractivity contribution is -0.582. The fraction of sp³-hybridized carbons (Fsp3) is 0. The summed E-state index contributed by atoms with van der Waals surface area (Å²) in [4.78, 5) is 2.77. The van der Waals surface area contributed by atoms with Crippen LogP contribution in [0, 0.1) is 16.7 Å². The van der Waals surface area contributed by atoms with E-state index in [2.05, 4.69) is 11.3 Å². The standard InChI is InChI=1S/C14H8N3O2S/c18-16-8-15-10-5-3-4-9(13(10)16)14-17(19)11-6-1-2-7-12(11)20-14/h1-7,15H. The maximum atomic E-state index is 12.4. The number of rotatable bonds is 1. The average molecular weight is 282 g/mol. The third-order valence-electron chi connectivity index (χ3n) is 3.24. The van der Waals surface area contributed by atoms with Gasteiger partial charge in [0, 0.05) is 6.07 Å². The van der Waals surface area contributed by atoms with E-state index in [-0.39, 0.29) is 0 Å². The molecule has 97 valence electrons. The summed E-state index contributed by atoms with van der Waals surface area (Å²) < 4.78 is 2.41. The Morgan fingerprint density at radius 1 is 1.05 bits per heavy atom. The van der Waals surface area contributed by atoms with Gasteiger partial charge in [-0.15, -0.1) is 0 Å². The van der Waals surface area contributed by atoms with Gasteiger partial charge in [-0.1, -0.05) is 29.5 Å². The van der Waals surface area contributed by atoms with Crippen LogP contribution in [0.1, 0.15) is 0 Å². The van der Waals surface area contributed by atoms with Gasteiger partial charge in [-0.2, -0.15) is 4.73 Å². The van der Waals surface area contributed by atoms with Crippen molar-refractivity contribution in [2.75, 3.05) is 0 Å². The van der Waals surface area contributed by atoms with Gasteiger partial charge in [0.15, 0.2) is 11.0 Å². The van der Waals surface area contributed by atoms with Gasteiger partial charge in [0.2, 0.25) is 5.52 Å². The second-order valence-electron chi connectivity index (χ2n) is 4.40. The summed E-state index contributed by atoms with van der Waals surface area (Å²) in [6.07, 6.45) is 2.47. The van der Waals surface area contributed by atoms with Crippen LogP contribution in [0.5, 0.6) is 0 Å². The van der Waals surface area contributed by atoms with Crippen LogP contribution in [-0.2, 0) is 0 Å². The molecule has 20 heavy (non-hydrogen) atoms. The Balaban J connectivity index is 2.11. The van der Waals surface area contributed by atoms with Crippen LogP contribution in [0.3, 0.4) is 0 Å². The number of H-pyrrole nitrogens is 1. The lowest BCUT2D eigenvalue weighted by Crippen LogP contribution is -2.28. The molecule has 2 aromatic carbocycles. The van der Waals surface area contributed by atoms with Crippen molar-refractivity contribution < 1.29 is 9.46 Å². The van der Waals surface area contributed by atoms with E-state index in [1.807, 2.05) is 24.3 Å². The Bertz CT molecular complexity index is 942. The molecular weight excluding hydrogens is 274 g/mol. The molecular formula is C14H8N3O2S. The van der Waals surface area contributed by atoms with Gasteiger partial charge in [0.25, 0.3) is 5.01 Å². The highest BCUT2D eigenvalue weighted by Gasteiger charge is 2.23. The van der Waals surface area contributed by atoms with E-state index in [1.165, 1.54) is 11.3 Å². The fourth-order valence-electron chi connectivity index (χ4n) is 2.33. The number of hydrogen-bond acceptors (Lipinski definition) is 3. The second kappa shape index (κ2) is 3.94. The van der Waals surface area contributed by atoms with Gasteiger partial charge in [-0.05, 0) is 18.2 Å². The molecule has 5 nitrogen and oxygen atoms in total. The van der Waals surface area contributed by atoms with Crippen LogP contribution < -0.4 is 9.46 Å². The molecule has 2 aromatic heterocycles. The number of para-hydroxylation sites is 2. The van der Waals surface area contributed by atoms with E-state index in [0.29, 0.717) is 31.9 Å². The summed E-state index contributed by atoms with van der Waals surface area (Å²) in [5, 5.41) is 24.7. The Morgan fingerprint density at radius 2 is 1.90 bits per heavy atom. The number of nitrogens with zero attached hydrogens (tertiary/aromatic N) is 2. The van der Waals surface area contributed by atoms with Crippen LogP contribution in [0.25, 0.3) is 31.8 Å². The molecule has 4 rings (SSSR count). The number of aromatic nitrogens is 3. The molecule has 0 aliphatic rings. The maximum Gasteiger partial charge on any atom is 0.375 e. The van der Waals surface area contributed by atoms with Crippen LogP contribution in [0.15, 0.2) is 42.5 Å². The SMILES string of the molecule is [O-][n+]1[c][nH]c2cccc(-c3sc4ccccc4[n+]3[O-])c21. The van der Waals surface area contributed by atoms with Crippen LogP contribution in [0.4, 0.5) is 0 Å². The molecule has 0 aliphatic carbocycles. The first-order valence-electron chi connectivity index (χ1n) is 5.99. The molecule has 0 saturated heterocycles. The minimum atomic E-state index is 0.434. The van der Waals surface area contributed by atoms with E-state index in [0.717, 1.165) is 9.43 Å². The van der Waals surface area contributed by atoms with E-state index in [9.17, 15) is 10.4 Å². The first kappa shape index (κ1) is 11.2. The third kappa shape index (κ3) is 1.42. The zero-order chi connectivity index (χ0) is 13.7. The number of hydrogen-bond donors (Lipinski definition) is 1. The van der Waals surface area contributed by atoms with E-state index >= 15 is 0 Å². The van der Waals surface area contributed by atoms with Gasteiger partial charge in [0.05, 0.1) is 0 Å². The summed E-state index contributed by atoms with van der Waals surface area (Å²) in [7, 11) is 0. The largest absolute Gasteiger partial charge is 0.710 e. The van der Waals surface area contributed by atoms with Crippen molar-refractivity contribution in [1.82, 2.24) is 4.98 Å². The highest BCUT2D eigenvalue weighted by atomic mass is 32.1. The van der Waals surface area contributed by atoms with Gasteiger partial charge in [-0.25, -0.2) is 9.71 Å². The third-order valence-corrected chi connectivity index (χ3v) is 4.38. The average Bonchev–Trinajstić information content (AvgIpc) is 3.01.